The van der Waals surface area contributed by atoms with Gasteiger partial charge in [-0.25, -0.2) is 4.39 Å². The number of non-ortho nitro benzene ring substituents is 1. The highest BCUT2D eigenvalue weighted by Gasteiger charge is 2.24. The number of nitrogens with one attached hydrogen (secondary N) is 3. The molecule has 0 spiro atoms. The van der Waals surface area contributed by atoms with E-state index in [-0.39, 0.29) is 33.5 Å². The third-order valence-electron chi connectivity index (χ3n) is 9.61. The maximum atomic E-state index is 16.0. The number of benzene rings is 3. The fourth-order valence-electron chi connectivity index (χ4n) is 7.00. The summed E-state index contributed by atoms with van der Waals surface area (Å²) < 4.78 is 35.6. The number of morpholine rings is 1. The number of aromatic nitrogens is 2. The molecule has 0 bridgehead atoms. The lowest BCUT2D eigenvalue weighted by atomic mass is 10.1. The van der Waals surface area contributed by atoms with Crippen LogP contribution in [0.4, 0.5) is 15.8 Å². The van der Waals surface area contributed by atoms with Crippen molar-refractivity contribution in [3.05, 3.63) is 74.3 Å². The molecule has 0 saturated carbocycles. The quantitative estimate of drug-likeness (QED) is 0.0588. The van der Waals surface area contributed by atoms with Gasteiger partial charge in [0.25, 0.3) is 11.6 Å². The summed E-state index contributed by atoms with van der Waals surface area (Å²) in [6.45, 7) is 7.31. The number of carbonyl (C=O) groups is 1. The van der Waals surface area contributed by atoms with Crippen LogP contribution < -0.4 is 16.1 Å². The Labute approximate surface area is 283 Å². The van der Waals surface area contributed by atoms with Gasteiger partial charge in [-0.1, -0.05) is 0 Å². The average Bonchev–Trinajstić information content (AvgIpc) is 3.64. The summed E-state index contributed by atoms with van der Waals surface area (Å²) in [4.78, 5) is 46.1. The van der Waals surface area contributed by atoms with E-state index < -0.39 is 22.1 Å². The first-order valence-electron chi connectivity index (χ1n) is 16.9. The first kappa shape index (κ1) is 32.0. The lowest BCUT2D eigenvalue weighted by Crippen LogP contribution is -2.37. The fraction of sp³-hybridized carbons (Fsp3) is 0.371. The van der Waals surface area contributed by atoms with Gasteiger partial charge in [-0.15, -0.1) is 0 Å². The summed E-state index contributed by atoms with van der Waals surface area (Å²) in [6.07, 6.45) is 4.44. The molecule has 3 aromatic heterocycles. The minimum atomic E-state index is -0.674. The Morgan fingerprint density at radius 3 is 2.52 bits per heavy atom. The van der Waals surface area contributed by atoms with Crippen molar-refractivity contribution in [3.8, 4) is 0 Å². The van der Waals surface area contributed by atoms with Crippen molar-refractivity contribution in [1.29, 1.82) is 0 Å². The molecule has 14 nitrogen and oxygen atoms in total. The van der Waals surface area contributed by atoms with E-state index in [2.05, 4.69) is 25.4 Å². The number of pyridine rings is 1. The maximum absolute atomic E-state index is 16.0. The predicted molar refractivity (Wildman–Crippen MR) is 186 cm³/mol. The topological polar surface area (TPSA) is 164 Å². The summed E-state index contributed by atoms with van der Waals surface area (Å²) in [6, 6.07) is 8.77. The molecule has 5 heterocycles. The Bertz CT molecular complexity index is 2360. The van der Waals surface area contributed by atoms with Crippen LogP contribution in [-0.2, 0) is 4.74 Å². The molecule has 0 aliphatic carbocycles. The number of amides is 1. The van der Waals surface area contributed by atoms with Crippen LogP contribution in [0.3, 0.4) is 0 Å². The Morgan fingerprint density at radius 2 is 1.72 bits per heavy atom. The van der Waals surface area contributed by atoms with Gasteiger partial charge < -0.3 is 38.5 Å². The first-order valence-corrected chi connectivity index (χ1v) is 16.9. The number of hydrogen-bond donors (Lipinski definition) is 3. The van der Waals surface area contributed by atoms with E-state index in [0.29, 0.717) is 66.1 Å². The van der Waals surface area contributed by atoms with Gasteiger partial charge >= 0.3 is 0 Å². The van der Waals surface area contributed by atoms with Crippen LogP contribution in [0.1, 0.15) is 29.6 Å². The molecule has 0 atom stereocenters. The molecule has 3 N–H and O–H groups in total. The van der Waals surface area contributed by atoms with Gasteiger partial charge in [0.05, 0.1) is 46.1 Å². The lowest BCUT2D eigenvalue weighted by Gasteiger charge is -2.26. The zero-order valence-electron chi connectivity index (χ0n) is 27.3. The van der Waals surface area contributed by atoms with Crippen LogP contribution in [0.25, 0.3) is 49.8 Å². The fourth-order valence-corrected chi connectivity index (χ4v) is 7.00. The molecule has 15 heteroatoms. The standard InChI is InChI=1S/C35H36FN7O7/c36-24-17-22-32-34(31(24)37-6-3-10-41-12-14-48-15-13-41)50-30-18-26-29(49-28-16-21(43(46)47)4-5-25(28)39-26)19-27(30)42(32)20-23(33(22)44)35(45)38-7-11-40-8-1-2-9-40/h4-5,16-20,37,39H,1-3,6-15H2,(H,38,45). The summed E-state index contributed by atoms with van der Waals surface area (Å²) in [5.74, 6) is -1.23. The number of likely N-dealkylation sites (tertiary alicyclic amines) is 1. The van der Waals surface area contributed by atoms with Gasteiger partial charge in [0.2, 0.25) is 5.43 Å². The summed E-state index contributed by atoms with van der Waals surface area (Å²) in [7, 11) is 0. The molecule has 50 heavy (non-hydrogen) atoms. The molecule has 8 rings (SSSR count). The number of halogens is 1. The molecule has 0 radical (unpaired) electrons. The minimum Gasteiger partial charge on any atom is -0.453 e. The second-order valence-corrected chi connectivity index (χ2v) is 12.8. The maximum Gasteiger partial charge on any atom is 0.273 e. The van der Waals surface area contributed by atoms with Gasteiger partial charge in [0, 0.05) is 57.1 Å². The number of nitrogens with zero attached hydrogens (tertiary/aromatic N) is 4. The zero-order chi connectivity index (χ0) is 34.4. The highest BCUT2D eigenvalue weighted by atomic mass is 19.1. The molecule has 260 valence electrons. The van der Waals surface area contributed by atoms with E-state index in [1.807, 2.05) is 0 Å². The SMILES string of the molecule is O=C(NCCN1CCCC1)c1cn2c3cc4oc5cc([N+](=O)[O-])ccc5[nH]c4cc3oc3c(NCCCN4CCOCC4)c(F)cc(c1=O)c32. The molecule has 2 fully saturated rings. The number of aromatic amines is 1. The Morgan fingerprint density at radius 1 is 0.940 bits per heavy atom. The van der Waals surface area contributed by atoms with E-state index in [4.69, 9.17) is 13.6 Å². The number of rotatable bonds is 10. The number of ether oxygens (including phenoxy) is 1. The van der Waals surface area contributed by atoms with Crippen molar-refractivity contribution in [2.75, 3.05) is 70.9 Å². The van der Waals surface area contributed by atoms with E-state index in [1.165, 1.54) is 18.3 Å². The molecule has 2 aliphatic rings. The number of fused-ring (bicyclic) bond motifs is 4. The van der Waals surface area contributed by atoms with Gasteiger partial charge in [0.1, 0.15) is 16.8 Å². The number of H-pyrrole nitrogens is 1. The molecule has 6 aromatic rings. The number of hydrogen-bond acceptors (Lipinski definition) is 10. The van der Waals surface area contributed by atoms with Crippen LogP contribution in [0.15, 0.2) is 56.2 Å². The largest absolute Gasteiger partial charge is 0.453 e. The molecule has 2 aliphatic heterocycles. The van der Waals surface area contributed by atoms with Crippen molar-refractivity contribution < 1.29 is 27.7 Å². The molecule has 3 aromatic carbocycles. The van der Waals surface area contributed by atoms with Crippen LogP contribution in [-0.4, -0.2) is 95.6 Å². The summed E-state index contributed by atoms with van der Waals surface area (Å²) in [5.41, 5.74) is 2.07. The number of anilines is 1. The highest BCUT2D eigenvalue weighted by Crippen LogP contribution is 2.35. The number of carbonyl (C=O) groups excluding carboxylic acids is 1. The second kappa shape index (κ2) is 13.2. The van der Waals surface area contributed by atoms with Crippen LogP contribution in [0, 0.1) is 15.9 Å². The van der Waals surface area contributed by atoms with Gasteiger partial charge in [-0.2, -0.15) is 0 Å². The Kier molecular flexibility index (Phi) is 8.46. The van der Waals surface area contributed by atoms with Gasteiger partial charge in [-0.05, 0) is 51.0 Å². The van der Waals surface area contributed by atoms with Crippen molar-refractivity contribution in [3.63, 3.8) is 0 Å². The molecule has 1 amide bonds. The molecular formula is C35H36FN7O7. The highest BCUT2D eigenvalue weighted by molar-refractivity contribution is 6.07. The molecule has 2 saturated heterocycles. The van der Waals surface area contributed by atoms with Crippen molar-refractivity contribution in [1.82, 2.24) is 24.5 Å². The summed E-state index contributed by atoms with van der Waals surface area (Å²) >= 11 is 0. The number of nitro benzene ring substituents is 1. The second-order valence-electron chi connectivity index (χ2n) is 12.8. The zero-order valence-corrected chi connectivity index (χ0v) is 27.3. The lowest BCUT2D eigenvalue weighted by molar-refractivity contribution is -0.384. The van der Waals surface area contributed by atoms with E-state index in [0.717, 1.165) is 58.1 Å². The minimum absolute atomic E-state index is 0.00746. The number of nitro groups is 1. The third kappa shape index (κ3) is 5.97. The van der Waals surface area contributed by atoms with Crippen molar-refractivity contribution >= 4 is 67.1 Å². The normalized spacial score (nSPS) is 15.9. The predicted octanol–water partition coefficient (Wildman–Crippen LogP) is 5.00. The van der Waals surface area contributed by atoms with E-state index in [1.54, 1.807) is 22.6 Å². The third-order valence-corrected chi connectivity index (χ3v) is 9.61. The van der Waals surface area contributed by atoms with Crippen molar-refractivity contribution in [2.45, 2.75) is 19.3 Å². The van der Waals surface area contributed by atoms with Crippen LogP contribution in [0.5, 0.6) is 0 Å². The van der Waals surface area contributed by atoms with Gasteiger partial charge in [0.15, 0.2) is 28.1 Å². The Balaban J connectivity index is 1.25. The van der Waals surface area contributed by atoms with Crippen LogP contribution in [0.2, 0.25) is 0 Å². The molecule has 0 unspecified atom stereocenters. The van der Waals surface area contributed by atoms with Gasteiger partial charge in [-0.3, -0.25) is 24.6 Å². The average molecular weight is 686 g/mol. The summed E-state index contributed by atoms with van der Waals surface area (Å²) in [5, 5.41) is 17.5. The first-order chi connectivity index (χ1) is 24.3. The van der Waals surface area contributed by atoms with Crippen molar-refractivity contribution in [2.24, 2.45) is 0 Å². The van der Waals surface area contributed by atoms with E-state index in [9.17, 15) is 19.7 Å². The van der Waals surface area contributed by atoms with E-state index >= 15 is 4.39 Å². The molecular weight excluding hydrogens is 649 g/mol. The Hall–Kier alpha value is -5.25. The monoisotopic (exact) mass is 685 g/mol. The van der Waals surface area contributed by atoms with Crippen LogP contribution >= 0.6 is 0 Å². The smallest absolute Gasteiger partial charge is 0.273 e.